The number of nitriles is 1. The third kappa shape index (κ3) is 3.16. The second kappa shape index (κ2) is 5.78. The fraction of sp³-hybridized carbons (Fsp3) is 0.154. The van der Waals surface area contributed by atoms with Crippen molar-refractivity contribution < 1.29 is 9.13 Å². The quantitative estimate of drug-likeness (QED) is 0.912. The minimum Gasteiger partial charge on any atom is -0.436 e. The van der Waals surface area contributed by atoms with Crippen LogP contribution in [0.15, 0.2) is 30.5 Å². The molecule has 96 valence electrons. The van der Waals surface area contributed by atoms with Crippen molar-refractivity contribution in [2.24, 2.45) is 0 Å². The van der Waals surface area contributed by atoms with Gasteiger partial charge in [-0.2, -0.15) is 10.2 Å². The number of hydrogen-bond acceptors (Lipinski definition) is 5. The van der Waals surface area contributed by atoms with Gasteiger partial charge in [-0.3, -0.25) is 0 Å². The van der Waals surface area contributed by atoms with E-state index in [1.807, 2.05) is 13.0 Å². The summed E-state index contributed by atoms with van der Waals surface area (Å²) < 4.78 is 19.0. The zero-order valence-electron chi connectivity index (χ0n) is 10.2. The summed E-state index contributed by atoms with van der Waals surface area (Å²) in [6.45, 7) is 2.59. The SMILES string of the molecule is CCNc1nccc(Oc2ccc(C#N)cc2F)n1. The number of anilines is 1. The van der Waals surface area contributed by atoms with E-state index in [0.717, 1.165) is 6.07 Å². The van der Waals surface area contributed by atoms with Crippen LogP contribution in [0.4, 0.5) is 10.3 Å². The Bertz CT molecular complexity index is 624. The number of nitrogens with one attached hydrogen (secondary N) is 1. The van der Waals surface area contributed by atoms with Crippen molar-refractivity contribution in [2.75, 3.05) is 11.9 Å². The van der Waals surface area contributed by atoms with Gasteiger partial charge in [0.1, 0.15) is 0 Å². The van der Waals surface area contributed by atoms with Gasteiger partial charge in [0.2, 0.25) is 11.8 Å². The molecule has 0 bridgehead atoms. The molecule has 0 radical (unpaired) electrons. The molecular weight excluding hydrogens is 247 g/mol. The largest absolute Gasteiger partial charge is 0.436 e. The molecule has 0 aliphatic rings. The number of ether oxygens (including phenoxy) is 1. The van der Waals surface area contributed by atoms with E-state index in [0.29, 0.717) is 12.5 Å². The fourth-order valence-electron chi connectivity index (χ4n) is 1.41. The molecule has 0 aliphatic carbocycles. The van der Waals surface area contributed by atoms with E-state index in [1.54, 1.807) is 0 Å². The highest BCUT2D eigenvalue weighted by Crippen LogP contribution is 2.23. The van der Waals surface area contributed by atoms with E-state index < -0.39 is 5.82 Å². The molecule has 0 amide bonds. The first-order valence-electron chi connectivity index (χ1n) is 5.67. The fourth-order valence-corrected chi connectivity index (χ4v) is 1.41. The maximum absolute atomic E-state index is 13.6. The Morgan fingerprint density at radius 1 is 1.42 bits per heavy atom. The number of aromatic nitrogens is 2. The van der Waals surface area contributed by atoms with E-state index in [2.05, 4.69) is 15.3 Å². The van der Waals surface area contributed by atoms with Gasteiger partial charge in [0.05, 0.1) is 11.6 Å². The molecule has 5 nitrogen and oxygen atoms in total. The average Bonchev–Trinajstić information content (AvgIpc) is 2.42. The van der Waals surface area contributed by atoms with Crippen LogP contribution in [0.3, 0.4) is 0 Å². The van der Waals surface area contributed by atoms with Crippen LogP contribution >= 0.6 is 0 Å². The first kappa shape index (κ1) is 12.8. The van der Waals surface area contributed by atoms with E-state index in [9.17, 15) is 4.39 Å². The first-order valence-corrected chi connectivity index (χ1v) is 5.67. The van der Waals surface area contributed by atoms with Crippen LogP contribution < -0.4 is 10.1 Å². The van der Waals surface area contributed by atoms with Gasteiger partial charge in [-0.05, 0) is 25.1 Å². The molecule has 1 N–H and O–H groups in total. The van der Waals surface area contributed by atoms with Crippen molar-refractivity contribution >= 4 is 5.95 Å². The molecule has 0 spiro atoms. The van der Waals surface area contributed by atoms with Gasteiger partial charge in [-0.15, -0.1) is 0 Å². The predicted molar refractivity (Wildman–Crippen MR) is 67.4 cm³/mol. The van der Waals surface area contributed by atoms with Gasteiger partial charge in [-0.25, -0.2) is 9.37 Å². The summed E-state index contributed by atoms with van der Waals surface area (Å²) in [4.78, 5) is 8.05. The molecule has 0 saturated heterocycles. The van der Waals surface area contributed by atoms with E-state index >= 15 is 0 Å². The van der Waals surface area contributed by atoms with E-state index in [-0.39, 0.29) is 17.2 Å². The van der Waals surface area contributed by atoms with Gasteiger partial charge < -0.3 is 10.1 Å². The topological polar surface area (TPSA) is 70.8 Å². The summed E-state index contributed by atoms with van der Waals surface area (Å²) in [5.41, 5.74) is 0.237. The van der Waals surface area contributed by atoms with E-state index in [1.165, 1.54) is 24.4 Å². The highest BCUT2D eigenvalue weighted by Gasteiger charge is 2.07. The second-order valence-electron chi connectivity index (χ2n) is 3.61. The Morgan fingerprint density at radius 3 is 2.95 bits per heavy atom. The normalized spacial score (nSPS) is 9.74. The zero-order valence-corrected chi connectivity index (χ0v) is 10.2. The lowest BCUT2D eigenvalue weighted by atomic mass is 10.2. The van der Waals surface area contributed by atoms with Crippen LogP contribution in [0, 0.1) is 17.1 Å². The van der Waals surface area contributed by atoms with Crippen molar-refractivity contribution in [3.05, 3.63) is 41.8 Å². The smallest absolute Gasteiger partial charge is 0.225 e. The zero-order chi connectivity index (χ0) is 13.7. The molecule has 0 fully saturated rings. The molecule has 0 saturated carbocycles. The summed E-state index contributed by atoms with van der Waals surface area (Å²) in [6.07, 6.45) is 1.52. The van der Waals surface area contributed by atoms with Gasteiger partial charge in [0, 0.05) is 18.8 Å². The monoisotopic (exact) mass is 258 g/mol. The number of hydrogen-bond donors (Lipinski definition) is 1. The molecule has 0 unspecified atom stereocenters. The van der Waals surface area contributed by atoms with Crippen LogP contribution in [0.1, 0.15) is 12.5 Å². The number of halogens is 1. The van der Waals surface area contributed by atoms with E-state index in [4.69, 9.17) is 10.00 Å². The van der Waals surface area contributed by atoms with Crippen LogP contribution in [-0.4, -0.2) is 16.5 Å². The molecular formula is C13H11FN4O. The van der Waals surface area contributed by atoms with Crippen LogP contribution in [0.5, 0.6) is 11.6 Å². The molecule has 0 aliphatic heterocycles. The van der Waals surface area contributed by atoms with Crippen molar-refractivity contribution in [3.63, 3.8) is 0 Å². The Hall–Kier alpha value is -2.68. The summed E-state index contributed by atoms with van der Waals surface area (Å²) in [7, 11) is 0. The predicted octanol–water partition coefficient (Wildman–Crippen LogP) is 2.71. The lowest BCUT2D eigenvalue weighted by Gasteiger charge is -2.07. The maximum Gasteiger partial charge on any atom is 0.225 e. The minimum absolute atomic E-state index is 0.0140. The molecule has 2 aromatic rings. The highest BCUT2D eigenvalue weighted by atomic mass is 19.1. The molecule has 0 atom stereocenters. The van der Waals surface area contributed by atoms with Crippen molar-refractivity contribution in [3.8, 4) is 17.7 Å². The molecule has 1 heterocycles. The number of benzene rings is 1. The second-order valence-corrected chi connectivity index (χ2v) is 3.61. The lowest BCUT2D eigenvalue weighted by Crippen LogP contribution is -2.02. The van der Waals surface area contributed by atoms with Gasteiger partial charge in [0.15, 0.2) is 11.6 Å². The van der Waals surface area contributed by atoms with Gasteiger partial charge in [-0.1, -0.05) is 0 Å². The average molecular weight is 258 g/mol. The molecule has 1 aromatic carbocycles. The van der Waals surface area contributed by atoms with Crippen LogP contribution in [0.25, 0.3) is 0 Å². The Morgan fingerprint density at radius 2 is 2.26 bits per heavy atom. The standard InChI is InChI=1S/C13H11FN4O/c1-2-16-13-17-6-5-12(18-13)19-11-4-3-9(8-15)7-10(11)14/h3-7H,2H2,1H3,(H,16,17,18). The summed E-state index contributed by atoms with van der Waals surface area (Å²) in [6, 6.07) is 7.36. The lowest BCUT2D eigenvalue weighted by molar-refractivity contribution is 0.427. The molecule has 2 rings (SSSR count). The minimum atomic E-state index is -0.609. The Labute approximate surface area is 109 Å². The third-order valence-corrected chi connectivity index (χ3v) is 2.24. The first-order chi connectivity index (χ1) is 9.22. The van der Waals surface area contributed by atoms with Crippen LogP contribution in [-0.2, 0) is 0 Å². The molecule has 6 heteroatoms. The summed E-state index contributed by atoms with van der Waals surface area (Å²) >= 11 is 0. The van der Waals surface area contributed by atoms with Gasteiger partial charge >= 0.3 is 0 Å². The summed E-state index contributed by atoms with van der Waals surface area (Å²) in [5, 5.41) is 11.6. The number of nitrogens with zero attached hydrogens (tertiary/aromatic N) is 3. The van der Waals surface area contributed by atoms with Crippen molar-refractivity contribution in [2.45, 2.75) is 6.92 Å². The molecule has 19 heavy (non-hydrogen) atoms. The number of rotatable bonds is 4. The highest BCUT2D eigenvalue weighted by molar-refractivity contribution is 5.38. The molecule has 1 aromatic heterocycles. The van der Waals surface area contributed by atoms with Crippen molar-refractivity contribution in [1.82, 2.24) is 9.97 Å². The Kier molecular flexibility index (Phi) is 3.88. The maximum atomic E-state index is 13.6. The van der Waals surface area contributed by atoms with Crippen LogP contribution in [0.2, 0.25) is 0 Å². The Balaban J connectivity index is 2.21. The van der Waals surface area contributed by atoms with Gasteiger partial charge in [0.25, 0.3) is 0 Å². The summed E-state index contributed by atoms with van der Waals surface area (Å²) in [5.74, 6) is 0.0476. The van der Waals surface area contributed by atoms with Crippen molar-refractivity contribution in [1.29, 1.82) is 5.26 Å². The third-order valence-electron chi connectivity index (χ3n) is 2.24.